The maximum absolute atomic E-state index is 6.17. The molecule has 1 saturated carbocycles. The van der Waals surface area contributed by atoms with E-state index in [1.54, 1.807) is 6.20 Å². The van der Waals surface area contributed by atoms with Crippen LogP contribution in [-0.4, -0.2) is 39.2 Å². The zero-order chi connectivity index (χ0) is 17.8. The fraction of sp³-hybridized carbons (Fsp3) is 0.650. The van der Waals surface area contributed by atoms with Gasteiger partial charge >= 0.3 is 0 Å². The van der Waals surface area contributed by atoms with Crippen LogP contribution in [0, 0.1) is 5.92 Å². The predicted octanol–water partition coefficient (Wildman–Crippen LogP) is 4.08. The molecule has 0 spiro atoms. The minimum atomic E-state index is 0.249. The number of hydrogen-bond acceptors (Lipinski definition) is 6. The van der Waals surface area contributed by atoms with Crippen molar-refractivity contribution in [3.8, 4) is 17.3 Å². The Balaban J connectivity index is 1.46. The van der Waals surface area contributed by atoms with Crippen LogP contribution < -0.4 is 4.74 Å². The molecule has 2 aliphatic rings. The summed E-state index contributed by atoms with van der Waals surface area (Å²) < 4.78 is 11.7. The summed E-state index contributed by atoms with van der Waals surface area (Å²) in [5.41, 5.74) is 0.820. The van der Waals surface area contributed by atoms with E-state index in [4.69, 9.17) is 9.26 Å². The SMILES string of the molecule is CC1CCCN(Cc2nc(-c3cccnc3OC3CCCCC3)no2)C1. The van der Waals surface area contributed by atoms with Gasteiger partial charge in [0.1, 0.15) is 6.10 Å². The molecule has 140 valence electrons. The van der Waals surface area contributed by atoms with E-state index in [0.717, 1.165) is 44.0 Å². The van der Waals surface area contributed by atoms with E-state index in [1.165, 1.54) is 32.1 Å². The van der Waals surface area contributed by atoms with Gasteiger partial charge in [-0.25, -0.2) is 4.98 Å². The summed E-state index contributed by atoms with van der Waals surface area (Å²) in [5, 5.41) is 4.19. The molecule has 0 bridgehead atoms. The molecule has 2 aromatic rings. The van der Waals surface area contributed by atoms with Crippen LogP contribution in [0.25, 0.3) is 11.4 Å². The molecule has 2 fully saturated rings. The minimum absolute atomic E-state index is 0.249. The van der Waals surface area contributed by atoms with Crippen LogP contribution >= 0.6 is 0 Å². The Morgan fingerprint density at radius 3 is 2.92 bits per heavy atom. The molecule has 1 atom stereocenters. The van der Waals surface area contributed by atoms with Gasteiger partial charge in [0.25, 0.3) is 0 Å². The van der Waals surface area contributed by atoms with Crippen LogP contribution in [-0.2, 0) is 6.54 Å². The van der Waals surface area contributed by atoms with Gasteiger partial charge in [0.05, 0.1) is 12.1 Å². The Labute approximate surface area is 154 Å². The maximum Gasteiger partial charge on any atom is 0.241 e. The molecule has 0 aromatic carbocycles. The molecule has 1 aliphatic heterocycles. The largest absolute Gasteiger partial charge is 0.474 e. The van der Waals surface area contributed by atoms with E-state index in [0.29, 0.717) is 17.6 Å². The van der Waals surface area contributed by atoms with Gasteiger partial charge in [0.15, 0.2) is 0 Å². The number of hydrogen-bond donors (Lipinski definition) is 0. The van der Waals surface area contributed by atoms with Gasteiger partial charge in [-0.3, -0.25) is 4.90 Å². The van der Waals surface area contributed by atoms with Crippen LogP contribution in [0.4, 0.5) is 0 Å². The Bertz CT molecular complexity index is 711. The van der Waals surface area contributed by atoms with Crippen LogP contribution in [0.1, 0.15) is 57.8 Å². The molecule has 2 aromatic heterocycles. The van der Waals surface area contributed by atoms with Crippen molar-refractivity contribution in [2.45, 2.75) is 64.5 Å². The van der Waals surface area contributed by atoms with Crippen molar-refractivity contribution in [3.05, 3.63) is 24.2 Å². The number of rotatable bonds is 5. The lowest BCUT2D eigenvalue weighted by Gasteiger charge is -2.29. The highest BCUT2D eigenvalue weighted by atomic mass is 16.5. The van der Waals surface area contributed by atoms with E-state index in [2.05, 4.69) is 26.9 Å². The molecule has 26 heavy (non-hydrogen) atoms. The third-order valence-electron chi connectivity index (χ3n) is 5.41. The summed E-state index contributed by atoms with van der Waals surface area (Å²) in [6.45, 7) is 5.22. The van der Waals surface area contributed by atoms with Crippen molar-refractivity contribution in [1.29, 1.82) is 0 Å². The van der Waals surface area contributed by atoms with Crippen molar-refractivity contribution < 1.29 is 9.26 Å². The van der Waals surface area contributed by atoms with Gasteiger partial charge in [0.2, 0.25) is 17.6 Å². The molecule has 0 amide bonds. The molecule has 1 saturated heterocycles. The van der Waals surface area contributed by atoms with Crippen LogP contribution in [0.3, 0.4) is 0 Å². The number of ether oxygens (including phenoxy) is 1. The first-order valence-electron chi connectivity index (χ1n) is 9.95. The highest BCUT2D eigenvalue weighted by molar-refractivity contribution is 5.60. The molecule has 4 rings (SSSR count). The summed E-state index contributed by atoms with van der Waals surface area (Å²) in [7, 11) is 0. The van der Waals surface area contributed by atoms with E-state index in [9.17, 15) is 0 Å². The molecular formula is C20H28N4O2. The van der Waals surface area contributed by atoms with Crippen molar-refractivity contribution in [1.82, 2.24) is 20.0 Å². The Morgan fingerprint density at radius 2 is 2.08 bits per heavy atom. The Morgan fingerprint density at radius 1 is 1.19 bits per heavy atom. The predicted molar refractivity (Wildman–Crippen MR) is 98.7 cm³/mol. The van der Waals surface area contributed by atoms with Gasteiger partial charge in [-0.1, -0.05) is 18.5 Å². The second-order valence-corrected chi connectivity index (χ2v) is 7.73. The fourth-order valence-corrected chi connectivity index (χ4v) is 4.05. The number of pyridine rings is 1. The smallest absolute Gasteiger partial charge is 0.241 e. The van der Waals surface area contributed by atoms with Crippen LogP contribution in [0.2, 0.25) is 0 Å². The van der Waals surface area contributed by atoms with Crippen LogP contribution in [0.15, 0.2) is 22.9 Å². The molecule has 6 heteroatoms. The molecular weight excluding hydrogens is 328 g/mol. The lowest BCUT2D eigenvalue weighted by Crippen LogP contribution is -2.33. The highest BCUT2D eigenvalue weighted by Gasteiger charge is 2.22. The summed E-state index contributed by atoms with van der Waals surface area (Å²) >= 11 is 0. The molecule has 0 radical (unpaired) electrons. The van der Waals surface area contributed by atoms with E-state index in [-0.39, 0.29) is 6.10 Å². The second kappa shape index (κ2) is 8.16. The summed E-state index contributed by atoms with van der Waals surface area (Å²) in [4.78, 5) is 11.4. The normalized spacial score (nSPS) is 22.4. The number of piperidine rings is 1. The first kappa shape index (κ1) is 17.5. The zero-order valence-electron chi connectivity index (χ0n) is 15.6. The van der Waals surface area contributed by atoms with Gasteiger partial charge in [0, 0.05) is 12.7 Å². The first-order valence-corrected chi connectivity index (χ1v) is 9.95. The third kappa shape index (κ3) is 4.23. The van der Waals surface area contributed by atoms with Gasteiger partial charge in [-0.2, -0.15) is 4.98 Å². The lowest BCUT2D eigenvalue weighted by atomic mass is 9.98. The highest BCUT2D eigenvalue weighted by Crippen LogP contribution is 2.29. The topological polar surface area (TPSA) is 64.3 Å². The lowest BCUT2D eigenvalue weighted by molar-refractivity contribution is 0.149. The first-order chi connectivity index (χ1) is 12.8. The second-order valence-electron chi connectivity index (χ2n) is 7.73. The standard InChI is InChI=1S/C20H28N4O2/c1-15-7-6-12-24(13-15)14-18-22-19(23-26-18)17-10-5-11-21-20(17)25-16-8-3-2-4-9-16/h5,10-11,15-16H,2-4,6-9,12-14H2,1H3. The quantitative estimate of drug-likeness (QED) is 0.804. The summed E-state index contributed by atoms with van der Waals surface area (Å²) in [6.07, 6.45) is 10.5. The molecule has 0 N–H and O–H groups in total. The average Bonchev–Trinajstić information content (AvgIpc) is 3.11. The monoisotopic (exact) mass is 356 g/mol. The van der Waals surface area contributed by atoms with E-state index >= 15 is 0 Å². The van der Waals surface area contributed by atoms with Gasteiger partial charge in [-0.05, 0) is 63.1 Å². The maximum atomic E-state index is 6.17. The fourth-order valence-electron chi connectivity index (χ4n) is 4.05. The molecule has 3 heterocycles. The number of nitrogens with zero attached hydrogens (tertiary/aromatic N) is 4. The average molecular weight is 356 g/mol. The molecule has 6 nitrogen and oxygen atoms in total. The summed E-state index contributed by atoms with van der Waals surface area (Å²) in [6, 6.07) is 3.86. The van der Waals surface area contributed by atoms with Gasteiger partial charge < -0.3 is 9.26 Å². The minimum Gasteiger partial charge on any atom is -0.474 e. The van der Waals surface area contributed by atoms with Gasteiger partial charge in [-0.15, -0.1) is 0 Å². The van der Waals surface area contributed by atoms with Crippen LogP contribution in [0.5, 0.6) is 5.88 Å². The van der Waals surface area contributed by atoms with Crippen molar-refractivity contribution in [2.24, 2.45) is 5.92 Å². The van der Waals surface area contributed by atoms with E-state index in [1.807, 2.05) is 12.1 Å². The summed E-state index contributed by atoms with van der Waals surface area (Å²) in [5.74, 6) is 2.60. The van der Waals surface area contributed by atoms with Crippen molar-refractivity contribution in [3.63, 3.8) is 0 Å². The molecule has 1 unspecified atom stereocenters. The Hall–Kier alpha value is -1.95. The number of aromatic nitrogens is 3. The molecule has 1 aliphatic carbocycles. The third-order valence-corrected chi connectivity index (χ3v) is 5.41. The van der Waals surface area contributed by atoms with E-state index < -0.39 is 0 Å². The van der Waals surface area contributed by atoms with Crippen molar-refractivity contribution in [2.75, 3.05) is 13.1 Å². The zero-order valence-corrected chi connectivity index (χ0v) is 15.6. The van der Waals surface area contributed by atoms with Crippen molar-refractivity contribution >= 4 is 0 Å². The number of likely N-dealkylation sites (tertiary alicyclic amines) is 1. The Kier molecular flexibility index (Phi) is 5.48.